The number of hydrogen-bond donors (Lipinski definition) is 2. The van der Waals surface area contributed by atoms with E-state index in [9.17, 15) is 9.59 Å². The van der Waals surface area contributed by atoms with Crippen LogP contribution in [0.15, 0.2) is 30.3 Å². The van der Waals surface area contributed by atoms with E-state index in [0.29, 0.717) is 39.2 Å². The second-order valence-corrected chi connectivity index (χ2v) is 6.68. The van der Waals surface area contributed by atoms with E-state index >= 15 is 0 Å². The maximum absolute atomic E-state index is 12.4. The zero-order chi connectivity index (χ0) is 18.1. The summed E-state index contributed by atoms with van der Waals surface area (Å²) in [6.07, 6.45) is 2.01. The highest BCUT2D eigenvalue weighted by molar-refractivity contribution is 5.81. The number of carbonyl (C=O) groups excluding carboxylic acids is 2. The number of nitrogens with two attached hydrogens (primary N) is 1. The van der Waals surface area contributed by atoms with Gasteiger partial charge in [0.25, 0.3) is 0 Å². The highest BCUT2D eigenvalue weighted by Crippen LogP contribution is 2.18. The first-order valence-corrected chi connectivity index (χ1v) is 9.03. The van der Waals surface area contributed by atoms with Crippen LogP contribution >= 0.6 is 0 Å². The Hall–Kier alpha value is -2.08. The van der Waals surface area contributed by atoms with E-state index in [-0.39, 0.29) is 23.7 Å². The molecule has 0 bridgehead atoms. The second-order valence-electron chi connectivity index (χ2n) is 6.68. The molecule has 2 atom stereocenters. The molecule has 138 valence electrons. The summed E-state index contributed by atoms with van der Waals surface area (Å²) in [4.78, 5) is 26.4. The Labute approximate surface area is 149 Å². The second kappa shape index (κ2) is 10.0. The van der Waals surface area contributed by atoms with Gasteiger partial charge in [-0.1, -0.05) is 25.1 Å². The van der Waals surface area contributed by atoms with E-state index in [0.717, 1.165) is 18.6 Å². The van der Waals surface area contributed by atoms with Gasteiger partial charge in [-0.3, -0.25) is 9.59 Å². The lowest BCUT2D eigenvalue weighted by Gasteiger charge is -2.32. The highest BCUT2D eigenvalue weighted by Gasteiger charge is 2.28. The van der Waals surface area contributed by atoms with Crippen molar-refractivity contribution >= 4 is 11.8 Å². The van der Waals surface area contributed by atoms with E-state index < -0.39 is 0 Å². The van der Waals surface area contributed by atoms with Crippen LogP contribution in [-0.4, -0.2) is 49.5 Å². The molecule has 1 aliphatic heterocycles. The van der Waals surface area contributed by atoms with Crippen LogP contribution in [0, 0.1) is 11.8 Å². The van der Waals surface area contributed by atoms with E-state index in [1.54, 1.807) is 4.90 Å². The minimum Gasteiger partial charge on any atom is -0.493 e. The fourth-order valence-electron chi connectivity index (χ4n) is 2.85. The van der Waals surface area contributed by atoms with Gasteiger partial charge in [-0.15, -0.1) is 0 Å². The fourth-order valence-corrected chi connectivity index (χ4v) is 2.85. The number of hydrogen-bond acceptors (Lipinski definition) is 4. The number of ether oxygens (including phenoxy) is 1. The Morgan fingerprint density at radius 1 is 1.36 bits per heavy atom. The molecule has 0 aliphatic carbocycles. The van der Waals surface area contributed by atoms with Crippen molar-refractivity contribution in [1.82, 2.24) is 10.2 Å². The molecular formula is C19H29N3O3. The third kappa shape index (κ3) is 6.38. The van der Waals surface area contributed by atoms with Crippen molar-refractivity contribution in [3.05, 3.63) is 30.3 Å². The number of likely N-dealkylation sites (tertiary alicyclic amines) is 1. The van der Waals surface area contributed by atoms with E-state index in [1.165, 1.54) is 0 Å². The summed E-state index contributed by atoms with van der Waals surface area (Å²) in [7, 11) is 0. The first kappa shape index (κ1) is 19.2. The molecule has 25 heavy (non-hydrogen) atoms. The first-order chi connectivity index (χ1) is 12.1. The van der Waals surface area contributed by atoms with E-state index in [2.05, 4.69) is 5.32 Å². The SMILES string of the molecule is CC(CN)CNC(=O)C1CCCN(C(=O)CCOc2ccccc2)C1. The number of benzene rings is 1. The van der Waals surface area contributed by atoms with Gasteiger partial charge in [0.15, 0.2) is 0 Å². The van der Waals surface area contributed by atoms with Gasteiger partial charge in [0.1, 0.15) is 5.75 Å². The molecule has 3 N–H and O–H groups in total. The summed E-state index contributed by atoms with van der Waals surface area (Å²) < 4.78 is 5.58. The van der Waals surface area contributed by atoms with Crippen LogP contribution in [0.1, 0.15) is 26.2 Å². The van der Waals surface area contributed by atoms with Crippen molar-refractivity contribution in [1.29, 1.82) is 0 Å². The van der Waals surface area contributed by atoms with Gasteiger partial charge >= 0.3 is 0 Å². The van der Waals surface area contributed by atoms with E-state index in [4.69, 9.17) is 10.5 Å². The number of amides is 2. The van der Waals surface area contributed by atoms with Crippen LogP contribution in [0.25, 0.3) is 0 Å². The predicted molar refractivity (Wildman–Crippen MR) is 97.1 cm³/mol. The van der Waals surface area contributed by atoms with Crippen LogP contribution in [-0.2, 0) is 9.59 Å². The lowest BCUT2D eigenvalue weighted by Crippen LogP contribution is -2.46. The van der Waals surface area contributed by atoms with Gasteiger partial charge in [-0.25, -0.2) is 0 Å². The van der Waals surface area contributed by atoms with Gasteiger partial charge in [-0.2, -0.15) is 0 Å². The Balaban J connectivity index is 1.73. The molecule has 1 aliphatic rings. The molecule has 2 rings (SSSR count). The van der Waals surface area contributed by atoms with Crippen LogP contribution in [0.2, 0.25) is 0 Å². The van der Waals surface area contributed by atoms with Crippen LogP contribution in [0.4, 0.5) is 0 Å². The molecule has 1 aromatic carbocycles. The predicted octanol–water partition coefficient (Wildman–Crippen LogP) is 1.41. The quantitative estimate of drug-likeness (QED) is 0.744. The van der Waals surface area contributed by atoms with Crippen molar-refractivity contribution in [3.63, 3.8) is 0 Å². The molecule has 0 saturated carbocycles. The molecule has 6 heteroatoms. The Morgan fingerprint density at radius 2 is 2.12 bits per heavy atom. The molecular weight excluding hydrogens is 318 g/mol. The Kier molecular flexibility index (Phi) is 7.73. The summed E-state index contributed by atoms with van der Waals surface area (Å²) >= 11 is 0. The number of rotatable bonds is 8. The maximum Gasteiger partial charge on any atom is 0.226 e. The zero-order valence-electron chi connectivity index (χ0n) is 14.9. The largest absolute Gasteiger partial charge is 0.493 e. The van der Waals surface area contributed by atoms with Crippen molar-refractivity contribution in [3.8, 4) is 5.75 Å². The molecule has 0 aromatic heterocycles. The Bertz CT molecular complexity index is 550. The average Bonchev–Trinajstić information content (AvgIpc) is 2.66. The van der Waals surface area contributed by atoms with Gasteiger partial charge in [0.05, 0.1) is 18.9 Å². The third-order valence-electron chi connectivity index (χ3n) is 4.50. The maximum atomic E-state index is 12.4. The molecule has 0 radical (unpaired) electrons. The summed E-state index contributed by atoms with van der Waals surface area (Å²) in [6.45, 7) is 4.70. The molecule has 2 unspecified atom stereocenters. The smallest absolute Gasteiger partial charge is 0.226 e. The van der Waals surface area contributed by atoms with Crippen molar-refractivity contribution < 1.29 is 14.3 Å². The van der Waals surface area contributed by atoms with E-state index in [1.807, 2.05) is 37.3 Å². The average molecular weight is 347 g/mol. The lowest BCUT2D eigenvalue weighted by molar-refractivity contribution is -0.136. The van der Waals surface area contributed by atoms with Crippen molar-refractivity contribution in [2.75, 3.05) is 32.8 Å². The molecule has 1 saturated heterocycles. The highest BCUT2D eigenvalue weighted by atomic mass is 16.5. The molecule has 1 fully saturated rings. The normalized spacial score (nSPS) is 18.5. The van der Waals surface area contributed by atoms with Crippen LogP contribution < -0.4 is 15.8 Å². The number of para-hydroxylation sites is 1. The number of nitrogens with zero attached hydrogens (tertiary/aromatic N) is 1. The summed E-state index contributed by atoms with van der Waals surface area (Å²) in [5.74, 6) is 0.973. The van der Waals surface area contributed by atoms with Gasteiger partial charge < -0.3 is 20.7 Å². The standard InChI is InChI=1S/C19H29N3O3/c1-15(12-20)13-21-19(24)16-6-5-10-22(14-16)18(23)9-11-25-17-7-3-2-4-8-17/h2-4,7-8,15-16H,5-6,9-14,20H2,1H3,(H,21,24). The third-order valence-corrected chi connectivity index (χ3v) is 4.50. The van der Waals surface area contributed by atoms with Crippen LogP contribution in [0.5, 0.6) is 5.75 Å². The van der Waals surface area contributed by atoms with Gasteiger partial charge in [-0.05, 0) is 37.4 Å². The fraction of sp³-hybridized carbons (Fsp3) is 0.579. The number of piperidine rings is 1. The molecule has 2 amide bonds. The number of carbonyl (C=O) groups is 2. The molecule has 6 nitrogen and oxygen atoms in total. The minimum absolute atomic E-state index is 0.0262. The van der Waals surface area contributed by atoms with Crippen molar-refractivity contribution in [2.45, 2.75) is 26.2 Å². The molecule has 1 heterocycles. The number of nitrogens with one attached hydrogen (secondary N) is 1. The zero-order valence-corrected chi connectivity index (χ0v) is 14.9. The topological polar surface area (TPSA) is 84.7 Å². The van der Waals surface area contributed by atoms with Crippen LogP contribution in [0.3, 0.4) is 0 Å². The monoisotopic (exact) mass is 347 g/mol. The molecule has 0 spiro atoms. The first-order valence-electron chi connectivity index (χ1n) is 9.03. The minimum atomic E-state index is -0.127. The Morgan fingerprint density at radius 3 is 2.84 bits per heavy atom. The summed E-state index contributed by atoms with van der Waals surface area (Å²) in [5.41, 5.74) is 5.57. The summed E-state index contributed by atoms with van der Waals surface area (Å²) in [6, 6.07) is 9.46. The molecule has 1 aromatic rings. The lowest BCUT2D eigenvalue weighted by atomic mass is 9.96. The van der Waals surface area contributed by atoms with Gasteiger partial charge in [0, 0.05) is 19.6 Å². The summed E-state index contributed by atoms with van der Waals surface area (Å²) in [5, 5.41) is 2.95. The van der Waals surface area contributed by atoms with Crippen molar-refractivity contribution in [2.24, 2.45) is 17.6 Å². The van der Waals surface area contributed by atoms with Gasteiger partial charge in [0.2, 0.25) is 11.8 Å².